The minimum atomic E-state index is -1.33. The maximum Gasteiger partial charge on any atom is 0.379 e. The summed E-state index contributed by atoms with van der Waals surface area (Å²) in [5.74, 6) is 0.668. The minimum absolute atomic E-state index is 0.108. The van der Waals surface area contributed by atoms with E-state index in [0.29, 0.717) is 5.84 Å². The molecule has 1 aliphatic rings. The molecule has 1 N–H and O–H groups in total. The molecule has 2 atom stereocenters. The topological polar surface area (TPSA) is 79.0 Å². The quantitative estimate of drug-likeness (QED) is 0.267. The average molecular weight is 348 g/mol. The predicted octanol–water partition coefficient (Wildman–Crippen LogP) is 0.686. The summed E-state index contributed by atoms with van der Waals surface area (Å²) >= 11 is 7.16. The van der Waals surface area contributed by atoms with Crippen LogP contribution in [0.25, 0.3) is 0 Å². The molecule has 0 bridgehead atoms. The van der Waals surface area contributed by atoms with Gasteiger partial charge in [-0.05, 0) is 6.92 Å². The fourth-order valence-corrected chi connectivity index (χ4v) is 2.17. The molecule has 15 heavy (non-hydrogen) atoms. The summed E-state index contributed by atoms with van der Waals surface area (Å²) in [5, 5.41) is 20.1. The first kappa shape index (κ1) is 12.9. The van der Waals surface area contributed by atoms with Crippen LogP contribution in [0.1, 0.15) is 6.92 Å². The Bertz CT molecular complexity index is 301. The number of aliphatic hydroxyl groups excluding tert-OH is 1. The number of hydrogen-bond acceptors (Lipinski definition) is 5. The first-order valence-electron chi connectivity index (χ1n) is 4.28. The van der Waals surface area contributed by atoms with Crippen LogP contribution < -0.4 is 0 Å². The molecule has 0 aromatic carbocycles. The van der Waals surface area contributed by atoms with Crippen LogP contribution in [0.2, 0.25) is 0 Å². The molecule has 0 aromatic heterocycles. The fraction of sp³-hybridized carbons (Fsp3) is 0.857. The van der Waals surface area contributed by atoms with Crippen LogP contribution in [0.15, 0.2) is 4.99 Å². The van der Waals surface area contributed by atoms with E-state index in [0.717, 1.165) is 0 Å². The van der Waals surface area contributed by atoms with Crippen LogP contribution in [0.5, 0.6) is 0 Å². The summed E-state index contributed by atoms with van der Waals surface area (Å²) in [6.07, 6.45) is -0.692. The third-order valence-corrected chi connectivity index (χ3v) is 3.40. The largest absolute Gasteiger partial charge is 0.390 e. The lowest BCUT2D eigenvalue weighted by Gasteiger charge is -2.20. The Morgan fingerprint density at radius 3 is 2.93 bits per heavy atom. The molecule has 1 aliphatic heterocycles. The lowest BCUT2D eigenvalue weighted by atomic mass is 10.3. The van der Waals surface area contributed by atoms with Crippen LogP contribution in [0, 0.1) is 10.1 Å². The van der Waals surface area contributed by atoms with Gasteiger partial charge in [0, 0.05) is 29.1 Å². The van der Waals surface area contributed by atoms with Crippen molar-refractivity contribution in [1.29, 1.82) is 0 Å². The zero-order valence-electron chi connectivity index (χ0n) is 8.06. The van der Waals surface area contributed by atoms with Crippen LogP contribution in [0.4, 0.5) is 0 Å². The molecule has 0 spiro atoms. The first-order chi connectivity index (χ1) is 6.89. The molecule has 0 saturated carbocycles. The lowest BCUT2D eigenvalue weighted by Crippen LogP contribution is -2.40. The summed E-state index contributed by atoms with van der Waals surface area (Å²) in [6, 6.07) is 0. The van der Waals surface area contributed by atoms with Crippen LogP contribution >= 0.6 is 34.2 Å². The number of amidine groups is 1. The zero-order valence-corrected chi connectivity index (χ0v) is 11.0. The van der Waals surface area contributed by atoms with Gasteiger partial charge in [0.25, 0.3) is 0 Å². The van der Waals surface area contributed by atoms with Gasteiger partial charge in [0.2, 0.25) is 0 Å². The van der Waals surface area contributed by atoms with E-state index in [1.165, 1.54) is 0 Å². The van der Waals surface area contributed by atoms with Gasteiger partial charge in [-0.25, -0.2) is 0 Å². The molecule has 0 fully saturated rings. The van der Waals surface area contributed by atoms with Gasteiger partial charge >= 0.3 is 3.67 Å². The van der Waals surface area contributed by atoms with E-state index in [-0.39, 0.29) is 19.0 Å². The van der Waals surface area contributed by atoms with Gasteiger partial charge in [-0.15, -0.1) is 11.6 Å². The second kappa shape index (κ2) is 4.79. The average Bonchev–Trinajstić information content (AvgIpc) is 2.43. The Kier molecular flexibility index (Phi) is 4.13. The SMILES string of the molecule is CC1=NC(I)([N+](=O)[O-])CN1CC(O)CCl. The number of aliphatic hydroxyl groups is 1. The molecule has 8 heteroatoms. The number of nitrogens with zero attached hydrogens (tertiary/aromatic N) is 3. The third-order valence-electron chi connectivity index (χ3n) is 2.07. The molecule has 6 nitrogen and oxygen atoms in total. The summed E-state index contributed by atoms with van der Waals surface area (Å²) in [4.78, 5) is 16.0. The number of hydrogen-bond donors (Lipinski definition) is 1. The highest BCUT2D eigenvalue weighted by Crippen LogP contribution is 2.28. The maximum atomic E-state index is 10.7. The molecule has 0 saturated heterocycles. The van der Waals surface area contributed by atoms with E-state index in [1.807, 2.05) is 0 Å². The second-order valence-corrected chi connectivity index (χ2v) is 5.36. The Hall–Kier alpha value is -0.150. The zero-order chi connectivity index (χ0) is 11.6. The number of β-amino-alcohol motifs (C(OH)–C–C–N with tert-alkyl or cyclic N) is 1. The van der Waals surface area contributed by atoms with Crippen LogP contribution in [0.3, 0.4) is 0 Å². The number of rotatable bonds is 4. The number of aliphatic imine (C=N–C) groups is 1. The van der Waals surface area contributed by atoms with E-state index in [9.17, 15) is 15.2 Å². The molecule has 0 amide bonds. The molecular formula is C7H11ClIN3O3. The number of halogens is 2. The van der Waals surface area contributed by atoms with Crippen molar-refractivity contribution in [3.05, 3.63) is 10.1 Å². The Morgan fingerprint density at radius 1 is 1.93 bits per heavy atom. The van der Waals surface area contributed by atoms with Crippen molar-refractivity contribution in [3.8, 4) is 0 Å². The standard InChI is InChI=1S/C7H11ClIN3O3/c1-5-10-7(9,12(14)15)4-11(5)3-6(13)2-8/h6,13H,2-4H2,1H3. The van der Waals surface area contributed by atoms with Gasteiger partial charge in [0.15, 0.2) is 0 Å². The smallest absolute Gasteiger partial charge is 0.379 e. The molecule has 1 heterocycles. The van der Waals surface area contributed by atoms with Crippen molar-refractivity contribution in [2.75, 3.05) is 19.0 Å². The number of nitro groups is 1. The van der Waals surface area contributed by atoms with E-state index < -0.39 is 14.7 Å². The van der Waals surface area contributed by atoms with Crippen molar-refractivity contribution in [2.45, 2.75) is 16.7 Å². The van der Waals surface area contributed by atoms with Crippen LogP contribution in [-0.2, 0) is 0 Å². The molecule has 0 aromatic rings. The second-order valence-electron chi connectivity index (χ2n) is 3.32. The Labute approximate surface area is 106 Å². The van der Waals surface area contributed by atoms with Crippen LogP contribution in [-0.4, -0.2) is 49.5 Å². The van der Waals surface area contributed by atoms with Gasteiger partial charge in [0.05, 0.1) is 16.9 Å². The van der Waals surface area contributed by atoms with Crippen molar-refractivity contribution < 1.29 is 10.0 Å². The van der Waals surface area contributed by atoms with E-state index >= 15 is 0 Å². The summed E-state index contributed by atoms with van der Waals surface area (Å²) in [5.41, 5.74) is 0. The monoisotopic (exact) mass is 347 g/mol. The van der Waals surface area contributed by atoms with Gasteiger partial charge in [-0.3, -0.25) is 10.1 Å². The van der Waals surface area contributed by atoms with Crippen molar-refractivity contribution >= 4 is 40.0 Å². The normalized spacial score (nSPS) is 27.7. The van der Waals surface area contributed by atoms with Crippen molar-refractivity contribution in [1.82, 2.24) is 4.90 Å². The van der Waals surface area contributed by atoms with E-state index in [4.69, 9.17) is 11.6 Å². The molecule has 0 radical (unpaired) electrons. The molecular weight excluding hydrogens is 336 g/mol. The molecule has 86 valence electrons. The maximum absolute atomic E-state index is 10.7. The Morgan fingerprint density at radius 2 is 2.53 bits per heavy atom. The van der Waals surface area contributed by atoms with Gasteiger partial charge in [-0.1, -0.05) is 0 Å². The molecule has 1 rings (SSSR count). The first-order valence-corrected chi connectivity index (χ1v) is 5.89. The summed E-state index contributed by atoms with van der Waals surface area (Å²) in [6.45, 7) is 2.13. The lowest BCUT2D eigenvalue weighted by molar-refractivity contribution is -0.526. The minimum Gasteiger partial charge on any atom is -0.390 e. The third kappa shape index (κ3) is 2.91. The fourth-order valence-electron chi connectivity index (χ4n) is 1.31. The Balaban J connectivity index is 2.68. The van der Waals surface area contributed by atoms with Gasteiger partial charge < -0.3 is 10.0 Å². The molecule has 0 aliphatic carbocycles. The highest BCUT2D eigenvalue weighted by molar-refractivity contribution is 14.1. The summed E-state index contributed by atoms with van der Waals surface area (Å²) < 4.78 is -1.33. The summed E-state index contributed by atoms with van der Waals surface area (Å²) in [7, 11) is 0. The number of alkyl halides is 2. The highest BCUT2D eigenvalue weighted by Gasteiger charge is 2.46. The van der Waals surface area contributed by atoms with Gasteiger partial charge in [0.1, 0.15) is 12.4 Å². The highest BCUT2D eigenvalue weighted by atomic mass is 127. The van der Waals surface area contributed by atoms with E-state index in [2.05, 4.69) is 4.99 Å². The molecule has 2 unspecified atom stereocenters. The van der Waals surface area contributed by atoms with Crippen molar-refractivity contribution in [3.63, 3.8) is 0 Å². The van der Waals surface area contributed by atoms with Gasteiger partial charge in [-0.2, -0.15) is 4.99 Å². The predicted molar refractivity (Wildman–Crippen MR) is 65.2 cm³/mol. The van der Waals surface area contributed by atoms with E-state index in [1.54, 1.807) is 34.4 Å². The van der Waals surface area contributed by atoms with Crippen molar-refractivity contribution in [2.24, 2.45) is 4.99 Å².